The molecule has 0 unspecified atom stereocenters. The summed E-state index contributed by atoms with van der Waals surface area (Å²) in [6.45, 7) is 2.34. The van der Waals surface area contributed by atoms with E-state index in [9.17, 15) is 13.2 Å². The molecule has 0 radical (unpaired) electrons. The molecule has 0 aliphatic carbocycles. The Morgan fingerprint density at radius 3 is 2.59 bits per heavy atom. The third-order valence-corrected chi connectivity index (χ3v) is 4.50. The molecule has 1 rings (SSSR count). The first kappa shape index (κ1) is 18.4. The average Bonchev–Trinajstić information content (AvgIpc) is 2.49. The highest BCUT2D eigenvalue weighted by atomic mass is 32.2. The Morgan fingerprint density at radius 2 is 2.00 bits per heavy atom. The SMILES string of the molecule is COCCCNC(=O)CNS(=O)(=O)c1ccc(OC)cc1C. The maximum Gasteiger partial charge on any atom is 0.241 e. The summed E-state index contributed by atoms with van der Waals surface area (Å²) in [7, 11) is -0.652. The van der Waals surface area contributed by atoms with Gasteiger partial charge in [0.2, 0.25) is 15.9 Å². The fourth-order valence-corrected chi connectivity index (χ4v) is 3.00. The molecular weight excluding hydrogens is 308 g/mol. The minimum atomic E-state index is -3.74. The molecule has 0 fully saturated rings. The van der Waals surface area contributed by atoms with Crippen LogP contribution in [0, 0.1) is 6.92 Å². The van der Waals surface area contributed by atoms with E-state index in [0.29, 0.717) is 30.9 Å². The van der Waals surface area contributed by atoms with Crippen LogP contribution in [0.1, 0.15) is 12.0 Å². The molecule has 0 aliphatic rings. The maximum atomic E-state index is 12.2. The van der Waals surface area contributed by atoms with Gasteiger partial charge in [0.15, 0.2) is 0 Å². The molecule has 0 saturated carbocycles. The molecule has 0 aliphatic heterocycles. The number of benzene rings is 1. The van der Waals surface area contributed by atoms with Crippen LogP contribution in [0.3, 0.4) is 0 Å². The first-order chi connectivity index (χ1) is 10.4. The van der Waals surface area contributed by atoms with Gasteiger partial charge in [0.25, 0.3) is 0 Å². The van der Waals surface area contributed by atoms with Crippen molar-refractivity contribution in [2.24, 2.45) is 0 Å². The normalized spacial score (nSPS) is 11.2. The van der Waals surface area contributed by atoms with Crippen molar-refractivity contribution in [2.45, 2.75) is 18.2 Å². The number of carbonyl (C=O) groups excluding carboxylic acids is 1. The van der Waals surface area contributed by atoms with Crippen molar-refractivity contribution in [1.82, 2.24) is 10.0 Å². The van der Waals surface area contributed by atoms with Crippen LogP contribution in [-0.4, -0.2) is 48.2 Å². The van der Waals surface area contributed by atoms with Gasteiger partial charge in [-0.05, 0) is 37.1 Å². The molecule has 1 aromatic carbocycles. The topological polar surface area (TPSA) is 93.7 Å². The molecule has 0 saturated heterocycles. The van der Waals surface area contributed by atoms with Gasteiger partial charge in [-0.2, -0.15) is 0 Å². The lowest BCUT2D eigenvalue weighted by atomic mass is 10.2. The Balaban J connectivity index is 2.59. The molecule has 0 spiro atoms. The quantitative estimate of drug-likeness (QED) is 0.641. The number of hydrogen-bond donors (Lipinski definition) is 2. The number of methoxy groups -OCH3 is 2. The molecular formula is C14H22N2O5S. The summed E-state index contributed by atoms with van der Waals surface area (Å²) in [4.78, 5) is 11.7. The number of ether oxygens (including phenoxy) is 2. The summed E-state index contributed by atoms with van der Waals surface area (Å²) >= 11 is 0. The van der Waals surface area contributed by atoms with Gasteiger partial charge in [-0.25, -0.2) is 13.1 Å². The molecule has 1 amide bonds. The highest BCUT2D eigenvalue weighted by molar-refractivity contribution is 7.89. The van der Waals surface area contributed by atoms with E-state index in [2.05, 4.69) is 10.0 Å². The van der Waals surface area contributed by atoms with Crippen molar-refractivity contribution in [3.8, 4) is 5.75 Å². The molecule has 8 heteroatoms. The Kier molecular flexibility index (Phi) is 7.30. The van der Waals surface area contributed by atoms with E-state index in [1.807, 2.05) is 0 Å². The second-order valence-electron chi connectivity index (χ2n) is 4.65. The minimum Gasteiger partial charge on any atom is -0.497 e. The number of aryl methyl sites for hydroxylation is 1. The van der Waals surface area contributed by atoms with E-state index in [4.69, 9.17) is 9.47 Å². The zero-order valence-electron chi connectivity index (χ0n) is 13.0. The predicted molar refractivity (Wildman–Crippen MR) is 82.4 cm³/mol. The first-order valence-electron chi connectivity index (χ1n) is 6.80. The standard InChI is InChI=1S/C14H22N2O5S/c1-11-9-12(21-3)5-6-13(11)22(18,19)16-10-14(17)15-7-4-8-20-2/h5-6,9,16H,4,7-8,10H2,1-3H3,(H,15,17). The van der Waals surface area contributed by atoms with Gasteiger partial charge in [0.05, 0.1) is 18.6 Å². The Bertz CT molecular complexity index is 601. The van der Waals surface area contributed by atoms with Gasteiger partial charge in [-0.15, -0.1) is 0 Å². The second-order valence-corrected chi connectivity index (χ2v) is 6.39. The van der Waals surface area contributed by atoms with E-state index in [0.717, 1.165) is 0 Å². The molecule has 0 atom stereocenters. The lowest BCUT2D eigenvalue weighted by Gasteiger charge is -2.10. The van der Waals surface area contributed by atoms with Gasteiger partial charge in [-0.1, -0.05) is 0 Å². The van der Waals surface area contributed by atoms with E-state index in [1.54, 1.807) is 26.2 Å². The lowest BCUT2D eigenvalue weighted by molar-refractivity contribution is -0.120. The van der Waals surface area contributed by atoms with Crippen LogP contribution in [0.15, 0.2) is 23.1 Å². The molecule has 7 nitrogen and oxygen atoms in total. The van der Waals surface area contributed by atoms with Crippen LogP contribution >= 0.6 is 0 Å². The Labute approximate surface area is 131 Å². The monoisotopic (exact) mass is 330 g/mol. The number of nitrogens with one attached hydrogen (secondary N) is 2. The zero-order valence-corrected chi connectivity index (χ0v) is 13.8. The summed E-state index contributed by atoms with van der Waals surface area (Å²) in [5.41, 5.74) is 0.548. The minimum absolute atomic E-state index is 0.125. The fraction of sp³-hybridized carbons (Fsp3) is 0.500. The number of rotatable bonds is 9. The second kappa shape index (κ2) is 8.72. The smallest absolute Gasteiger partial charge is 0.241 e. The molecule has 0 heterocycles. The fourth-order valence-electron chi connectivity index (χ4n) is 1.80. The number of carbonyl (C=O) groups is 1. The Hall–Kier alpha value is -1.64. The van der Waals surface area contributed by atoms with E-state index in [1.165, 1.54) is 13.2 Å². The maximum absolute atomic E-state index is 12.2. The van der Waals surface area contributed by atoms with Gasteiger partial charge >= 0.3 is 0 Å². The van der Waals surface area contributed by atoms with Crippen LogP contribution in [-0.2, 0) is 19.6 Å². The summed E-state index contributed by atoms with van der Waals surface area (Å²) in [5.74, 6) is 0.193. The largest absolute Gasteiger partial charge is 0.497 e. The van der Waals surface area contributed by atoms with Crippen molar-refractivity contribution in [3.05, 3.63) is 23.8 Å². The van der Waals surface area contributed by atoms with Crippen LogP contribution in [0.2, 0.25) is 0 Å². The summed E-state index contributed by atoms with van der Waals surface area (Å²) < 4.78 is 36.5. The third kappa shape index (κ3) is 5.63. The highest BCUT2D eigenvalue weighted by Crippen LogP contribution is 2.20. The Morgan fingerprint density at radius 1 is 1.27 bits per heavy atom. The van der Waals surface area contributed by atoms with Crippen molar-refractivity contribution in [1.29, 1.82) is 0 Å². The summed E-state index contributed by atoms with van der Waals surface area (Å²) in [5, 5.41) is 2.61. The van der Waals surface area contributed by atoms with Crippen LogP contribution in [0.4, 0.5) is 0 Å². The van der Waals surface area contributed by atoms with Crippen molar-refractivity contribution in [2.75, 3.05) is 33.9 Å². The molecule has 0 aromatic heterocycles. The third-order valence-electron chi connectivity index (χ3n) is 2.94. The molecule has 124 valence electrons. The van der Waals surface area contributed by atoms with Crippen molar-refractivity contribution >= 4 is 15.9 Å². The van der Waals surface area contributed by atoms with E-state index >= 15 is 0 Å². The predicted octanol–water partition coefficient (Wildman–Crippen LogP) is 0.435. The van der Waals surface area contributed by atoms with Gasteiger partial charge in [0, 0.05) is 20.3 Å². The number of hydrogen-bond acceptors (Lipinski definition) is 5. The lowest BCUT2D eigenvalue weighted by Crippen LogP contribution is -2.37. The molecule has 0 bridgehead atoms. The summed E-state index contributed by atoms with van der Waals surface area (Å²) in [6, 6.07) is 4.64. The van der Waals surface area contributed by atoms with E-state index < -0.39 is 10.0 Å². The summed E-state index contributed by atoms with van der Waals surface area (Å²) in [6.07, 6.45) is 0.673. The van der Waals surface area contributed by atoms with Crippen LogP contribution in [0.5, 0.6) is 5.75 Å². The van der Waals surface area contributed by atoms with Crippen molar-refractivity contribution in [3.63, 3.8) is 0 Å². The van der Waals surface area contributed by atoms with Crippen LogP contribution < -0.4 is 14.8 Å². The first-order valence-corrected chi connectivity index (χ1v) is 8.29. The number of amides is 1. The van der Waals surface area contributed by atoms with Gasteiger partial charge < -0.3 is 14.8 Å². The number of sulfonamides is 1. The van der Waals surface area contributed by atoms with Gasteiger partial charge in [0.1, 0.15) is 5.75 Å². The van der Waals surface area contributed by atoms with E-state index in [-0.39, 0.29) is 17.3 Å². The van der Waals surface area contributed by atoms with Crippen LogP contribution in [0.25, 0.3) is 0 Å². The average molecular weight is 330 g/mol. The highest BCUT2D eigenvalue weighted by Gasteiger charge is 2.18. The molecule has 22 heavy (non-hydrogen) atoms. The van der Waals surface area contributed by atoms with Gasteiger partial charge in [-0.3, -0.25) is 4.79 Å². The molecule has 1 aromatic rings. The zero-order chi connectivity index (χ0) is 16.6. The van der Waals surface area contributed by atoms with Crippen molar-refractivity contribution < 1.29 is 22.7 Å². The molecule has 2 N–H and O–H groups in total.